The van der Waals surface area contributed by atoms with E-state index in [1.54, 1.807) is 14.0 Å². The Bertz CT molecular complexity index is 115. The highest BCUT2D eigenvalue weighted by atomic mass is 16.5. The number of unbranched alkanes of at least 4 members (excludes halogenated alkanes) is 1. The zero-order valence-electron chi connectivity index (χ0n) is 7.52. The van der Waals surface area contributed by atoms with Crippen LogP contribution in [0.5, 0.6) is 0 Å². The monoisotopic (exact) mass is 159 g/mol. The van der Waals surface area contributed by atoms with Crippen LogP contribution in [0.1, 0.15) is 26.7 Å². The molecule has 0 radical (unpaired) electrons. The van der Waals surface area contributed by atoms with Crippen molar-refractivity contribution >= 4 is 5.97 Å². The molecule has 0 aliphatic heterocycles. The van der Waals surface area contributed by atoms with Gasteiger partial charge in [-0.05, 0) is 20.4 Å². The van der Waals surface area contributed by atoms with Crippen LogP contribution in [0.4, 0.5) is 0 Å². The van der Waals surface area contributed by atoms with Crippen molar-refractivity contribution in [1.29, 1.82) is 0 Å². The molecule has 0 fully saturated rings. The Labute approximate surface area is 68.1 Å². The van der Waals surface area contributed by atoms with E-state index in [1.807, 2.05) is 0 Å². The summed E-state index contributed by atoms with van der Waals surface area (Å²) in [7, 11) is 1.74. The third kappa shape index (κ3) is 4.79. The van der Waals surface area contributed by atoms with E-state index in [0.29, 0.717) is 6.61 Å². The molecule has 3 nitrogen and oxygen atoms in total. The van der Waals surface area contributed by atoms with Crippen LogP contribution in [0.2, 0.25) is 0 Å². The summed E-state index contributed by atoms with van der Waals surface area (Å²) in [4.78, 5) is 11.0. The van der Waals surface area contributed by atoms with Gasteiger partial charge < -0.3 is 10.1 Å². The van der Waals surface area contributed by atoms with Gasteiger partial charge in [0.1, 0.15) is 6.04 Å². The maximum atomic E-state index is 11.0. The summed E-state index contributed by atoms with van der Waals surface area (Å²) in [5.74, 6) is -0.166. The second kappa shape index (κ2) is 6.16. The second-order valence-corrected chi connectivity index (χ2v) is 2.53. The average Bonchev–Trinajstić information content (AvgIpc) is 2.03. The van der Waals surface area contributed by atoms with Crippen LogP contribution in [0.25, 0.3) is 0 Å². The lowest BCUT2D eigenvalue weighted by molar-refractivity contribution is -0.145. The van der Waals surface area contributed by atoms with Gasteiger partial charge in [0, 0.05) is 0 Å². The molecule has 66 valence electrons. The van der Waals surface area contributed by atoms with E-state index in [0.717, 1.165) is 12.8 Å². The first-order valence-electron chi connectivity index (χ1n) is 4.06. The number of hydrogen-bond donors (Lipinski definition) is 1. The van der Waals surface area contributed by atoms with E-state index < -0.39 is 0 Å². The fraction of sp³-hybridized carbons (Fsp3) is 0.875. The van der Waals surface area contributed by atoms with E-state index in [2.05, 4.69) is 12.2 Å². The van der Waals surface area contributed by atoms with Crippen molar-refractivity contribution in [3.05, 3.63) is 0 Å². The molecular formula is C8H17NO2. The number of carbonyl (C=O) groups excluding carboxylic acids is 1. The van der Waals surface area contributed by atoms with Crippen molar-refractivity contribution in [2.75, 3.05) is 13.7 Å². The summed E-state index contributed by atoms with van der Waals surface area (Å²) in [6, 6.07) is -0.188. The molecule has 3 heteroatoms. The maximum Gasteiger partial charge on any atom is 0.322 e. The standard InChI is InChI=1S/C8H17NO2/c1-4-5-6-11-8(10)7(2)9-3/h7,9H,4-6H2,1-3H3/t7-/m0/s1. The molecule has 0 amide bonds. The van der Waals surface area contributed by atoms with Crippen LogP contribution < -0.4 is 5.32 Å². The number of likely N-dealkylation sites (N-methyl/N-ethyl adjacent to an activating group) is 1. The van der Waals surface area contributed by atoms with Gasteiger partial charge in [-0.25, -0.2) is 0 Å². The average molecular weight is 159 g/mol. The van der Waals surface area contributed by atoms with Crippen molar-refractivity contribution in [3.8, 4) is 0 Å². The van der Waals surface area contributed by atoms with Gasteiger partial charge in [-0.3, -0.25) is 4.79 Å². The Morgan fingerprint density at radius 2 is 2.27 bits per heavy atom. The smallest absolute Gasteiger partial charge is 0.322 e. The summed E-state index contributed by atoms with van der Waals surface area (Å²) in [5.41, 5.74) is 0. The maximum absolute atomic E-state index is 11.0. The number of nitrogens with one attached hydrogen (secondary N) is 1. The van der Waals surface area contributed by atoms with Gasteiger partial charge in [-0.1, -0.05) is 13.3 Å². The van der Waals surface area contributed by atoms with Gasteiger partial charge in [0.15, 0.2) is 0 Å². The summed E-state index contributed by atoms with van der Waals surface area (Å²) in [6.07, 6.45) is 2.00. The first kappa shape index (κ1) is 10.4. The second-order valence-electron chi connectivity index (χ2n) is 2.53. The normalized spacial score (nSPS) is 12.6. The Kier molecular flexibility index (Phi) is 5.84. The van der Waals surface area contributed by atoms with Crippen LogP contribution in [0.3, 0.4) is 0 Å². The fourth-order valence-electron chi connectivity index (χ4n) is 0.560. The highest BCUT2D eigenvalue weighted by Crippen LogP contribution is 1.91. The Morgan fingerprint density at radius 1 is 1.64 bits per heavy atom. The highest BCUT2D eigenvalue weighted by molar-refractivity contribution is 5.75. The largest absolute Gasteiger partial charge is 0.465 e. The SMILES string of the molecule is CCCCOC(=O)[C@H](C)NC. The molecule has 0 rings (SSSR count). The van der Waals surface area contributed by atoms with Gasteiger partial charge in [-0.15, -0.1) is 0 Å². The Morgan fingerprint density at radius 3 is 2.73 bits per heavy atom. The Hall–Kier alpha value is -0.570. The van der Waals surface area contributed by atoms with Crippen LogP contribution in [-0.4, -0.2) is 25.7 Å². The number of rotatable bonds is 5. The minimum absolute atomic E-state index is 0.166. The lowest BCUT2D eigenvalue weighted by Gasteiger charge is -2.09. The molecule has 1 N–H and O–H groups in total. The summed E-state index contributed by atoms with van der Waals surface area (Å²) in [5, 5.41) is 2.82. The summed E-state index contributed by atoms with van der Waals surface area (Å²) < 4.78 is 4.93. The first-order valence-corrected chi connectivity index (χ1v) is 4.06. The molecule has 0 aromatic heterocycles. The molecule has 0 spiro atoms. The predicted octanol–water partition coefficient (Wildman–Crippen LogP) is 0.938. The lowest BCUT2D eigenvalue weighted by Crippen LogP contribution is -2.32. The number of hydrogen-bond acceptors (Lipinski definition) is 3. The van der Waals surface area contributed by atoms with Gasteiger partial charge >= 0.3 is 5.97 Å². The molecule has 0 unspecified atom stereocenters. The molecule has 0 aliphatic carbocycles. The van der Waals surface area contributed by atoms with Gasteiger partial charge in [0.05, 0.1) is 6.61 Å². The van der Waals surface area contributed by atoms with Crippen LogP contribution in [0.15, 0.2) is 0 Å². The Balaban J connectivity index is 3.36. The highest BCUT2D eigenvalue weighted by Gasteiger charge is 2.10. The molecule has 0 aromatic carbocycles. The molecule has 0 saturated carbocycles. The van der Waals surface area contributed by atoms with Gasteiger partial charge in [-0.2, -0.15) is 0 Å². The summed E-state index contributed by atoms with van der Waals surface area (Å²) in [6.45, 7) is 4.39. The predicted molar refractivity (Wildman–Crippen MR) is 44.4 cm³/mol. The number of carbonyl (C=O) groups is 1. The minimum atomic E-state index is -0.188. The van der Waals surface area contributed by atoms with E-state index in [-0.39, 0.29) is 12.0 Å². The van der Waals surface area contributed by atoms with E-state index in [9.17, 15) is 4.79 Å². The number of ether oxygens (including phenoxy) is 1. The number of esters is 1. The molecular weight excluding hydrogens is 142 g/mol. The molecule has 0 saturated heterocycles. The van der Waals surface area contributed by atoms with E-state index >= 15 is 0 Å². The van der Waals surface area contributed by atoms with Crippen LogP contribution >= 0.6 is 0 Å². The first-order chi connectivity index (χ1) is 5.22. The van der Waals surface area contributed by atoms with Crippen molar-refractivity contribution in [2.24, 2.45) is 0 Å². The topological polar surface area (TPSA) is 38.3 Å². The quantitative estimate of drug-likeness (QED) is 0.479. The van der Waals surface area contributed by atoms with E-state index in [4.69, 9.17) is 4.74 Å². The lowest BCUT2D eigenvalue weighted by atomic mass is 10.3. The van der Waals surface area contributed by atoms with Crippen LogP contribution in [0, 0.1) is 0 Å². The van der Waals surface area contributed by atoms with E-state index in [1.165, 1.54) is 0 Å². The molecule has 0 bridgehead atoms. The molecule has 0 aromatic rings. The van der Waals surface area contributed by atoms with Gasteiger partial charge in [0.25, 0.3) is 0 Å². The van der Waals surface area contributed by atoms with Crippen LogP contribution in [-0.2, 0) is 9.53 Å². The molecule has 0 heterocycles. The van der Waals surface area contributed by atoms with Crippen molar-refractivity contribution in [2.45, 2.75) is 32.7 Å². The zero-order chi connectivity index (χ0) is 8.69. The van der Waals surface area contributed by atoms with Crippen molar-refractivity contribution in [3.63, 3.8) is 0 Å². The zero-order valence-corrected chi connectivity index (χ0v) is 7.52. The van der Waals surface area contributed by atoms with Crippen molar-refractivity contribution < 1.29 is 9.53 Å². The third-order valence-corrected chi connectivity index (χ3v) is 1.53. The van der Waals surface area contributed by atoms with Crippen molar-refractivity contribution in [1.82, 2.24) is 5.32 Å². The fourth-order valence-corrected chi connectivity index (χ4v) is 0.560. The minimum Gasteiger partial charge on any atom is -0.465 e. The molecule has 1 atom stereocenters. The molecule has 11 heavy (non-hydrogen) atoms. The van der Waals surface area contributed by atoms with Gasteiger partial charge in [0.2, 0.25) is 0 Å². The third-order valence-electron chi connectivity index (χ3n) is 1.53. The summed E-state index contributed by atoms with van der Waals surface area (Å²) >= 11 is 0. The molecule has 0 aliphatic rings.